The van der Waals surface area contributed by atoms with Crippen molar-refractivity contribution in [3.05, 3.63) is 53.6 Å². The van der Waals surface area contributed by atoms with Crippen LogP contribution >= 0.6 is 34.7 Å². The monoisotopic (exact) mass is 447 g/mol. The van der Waals surface area contributed by atoms with E-state index in [1.54, 1.807) is 23.1 Å². The first-order valence-corrected chi connectivity index (χ1v) is 12.1. The SMILES string of the molecule is CN(c1nc2ccccc2s1)C1CCN(CC(O)CSc2ccc(Cl)cc2)CC1. The molecule has 2 heterocycles. The number of anilines is 1. The number of thiazole rings is 1. The van der Waals surface area contributed by atoms with Crippen molar-refractivity contribution in [1.29, 1.82) is 0 Å². The van der Waals surface area contributed by atoms with Crippen molar-refractivity contribution in [2.24, 2.45) is 0 Å². The van der Waals surface area contributed by atoms with Gasteiger partial charge in [-0.25, -0.2) is 4.98 Å². The second-order valence-electron chi connectivity index (χ2n) is 7.53. The third kappa shape index (κ3) is 5.44. The Kier molecular flexibility index (Phi) is 6.98. The van der Waals surface area contributed by atoms with Crippen molar-refractivity contribution in [3.63, 3.8) is 0 Å². The molecule has 0 bridgehead atoms. The zero-order valence-electron chi connectivity index (χ0n) is 16.5. The van der Waals surface area contributed by atoms with Crippen molar-refractivity contribution in [3.8, 4) is 0 Å². The highest BCUT2D eigenvalue weighted by atomic mass is 35.5. The number of aliphatic hydroxyl groups is 1. The predicted octanol–water partition coefficient (Wildman–Crippen LogP) is 5.00. The molecule has 7 heteroatoms. The maximum atomic E-state index is 10.4. The van der Waals surface area contributed by atoms with E-state index in [1.165, 1.54) is 4.70 Å². The van der Waals surface area contributed by atoms with Crippen LogP contribution in [-0.4, -0.2) is 59.6 Å². The van der Waals surface area contributed by atoms with E-state index in [-0.39, 0.29) is 6.10 Å². The van der Waals surface area contributed by atoms with E-state index in [9.17, 15) is 5.11 Å². The second kappa shape index (κ2) is 9.67. The third-order valence-corrected chi connectivity index (χ3v) is 7.95. The van der Waals surface area contributed by atoms with Crippen LogP contribution in [0.3, 0.4) is 0 Å². The molecule has 1 saturated heterocycles. The Hall–Kier alpha value is -1.31. The summed E-state index contributed by atoms with van der Waals surface area (Å²) in [6.07, 6.45) is 1.88. The second-order valence-corrected chi connectivity index (χ2v) is 10.1. The Morgan fingerprint density at radius 2 is 1.93 bits per heavy atom. The maximum Gasteiger partial charge on any atom is 0.186 e. The van der Waals surface area contributed by atoms with E-state index in [0.29, 0.717) is 11.8 Å². The maximum absolute atomic E-state index is 10.4. The Morgan fingerprint density at radius 1 is 1.21 bits per heavy atom. The number of likely N-dealkylation sites (tertiary alicyclic amines) is 1. The van der Waals surface area contributed by atoms with E-state index in [4.69, 9.17) is 16.6 Å². The molecule has 1 aliphatic heterocycles. The Labute approximate surface area is 185 Å². The van der Waals surface area contributed by atoms with Gasteiger partial charge in [0.15, 0.2) is 5.13 Å². The Balaban J connectivity index is 1.23. The molecule has 1 aromatic heterocycles. The molecule has 0 saturated carbocycles. The molecule has 1 atom stereocenters. The molecule has 0 radical (unpaired) electrons. The van der Waals surface area contributed by atoms with Crippen LogP contribution in [0.5, 0.6) is 0 Å². The summed E-state index contributed by atoms with van der Waals surface area (Å²) in [6, 6.07) is 16.6. The minimum atomic E-state index is -0.325. The first-order chi connectivity index (χ1) is 14.1. The zero-order chi connectivity index (χ0) is 20.2. The topological polar surface area (TPSA) is 39.6 Å². The first kappa shape index (κ1) is 20.9. The van der Waals surface area contributed by atoms with E-state index in [1.807, 2.05) is 30.3 Å². The molecule has 0 spiro atoms. The summed E-state index contributed by atoms with van der Waals surface area (Å²) in [5, 5.41) is 12.3. The lowest BCUT2D eigenvalue weighted by Gasteiger charge is -2.37. The fourth-order valence-corrected chi connectivity index (χ4v) is 5.67. The summed E-state index contributed by atoms with van der Waals surface area (Å²) in [5.41, 5.74) is 1.08. The van der Waals surface area contributed by atoms with Crippen LogP contribution in [0.2, 0.25) is 5.02 Å². The number of fused-ring (bicyclic) bond motifs is 1. The van der Waals surface area contributed by atoms with Gasteiger partial charge >= 0.3 is 0 Å². The lowest BCUT2D eigenvalue weighted by Crippen LogP contribution is -2.45. The number of rotatable bonds is 7. The van der Waals surface area contributed by atoms with Gasteiger partial charge in [-0.3, -0.25) is 0 Å². The highest BCUT2D eigenvalue weighted by molar-refractivity contribution is 7.99. The van der Waals surface area contributed by atoms with Crippen LogP contribution in [0.15, 0.2) is 53.4 Å². The van der Waals surface area contributed by atoms with Gasteiger partial charge in [0.2, 0.25) is 0 Å². The van der Waals surface area contributed by atoms with Crippen LogP contribution in [0, 0.1) is 0 Å². The summed E-state index contributed by atoms with van der Waals surface area (Å²) >= 11 is 9.37. The van der Waals surface area contributed by atoms with Gasteiger partial charge in [-0.05, 0) is 49.2 Å². The fraction of sp³-hybridized carbons (Fsp3) is 0.409. The van der Waals surface area contributed by atoms with Crippen molar-refractivity contribution < 1.29 is 5.11 Å². The van der Waals surface area contributed by atoms with Crippen LogP contribution in [0.25, 0.3) is 10.2 Å². The van der Waals surface area contributed by atoms with Gasteiger partial charge in [0, 0.05) is 48.4 Å². The molecule has 4 rings (SSSR count). The molecule has 2 aromatic carbocycles. The average molecular weight is 448 g/mol. The molecule has 0 aliphatic carbocycles. The van der Waals surface area contributed by atoms with Crippen molar-refractivity contribution >= 4 is 50.0 Å². The highest BCUT2D eigenvalue weighted by Gasteiger charge is 2.25. The number of halogens is 1. The summed E-state index contributed by atoms with van der Waals surface area (Å²) in [6.45, 7) is 2.77. The molecular weight excluding hydrogens is 422 g/mol. The normalized spacial score (nSPS) is 16.9. The largest absolute Gasteiger partial charge is 0.391 e. The molecule has 0 amide bonds. The van der Waals surface area contributed by atoms with Crippen molar-refractivity contribution in [1.82, 2.24) is 9.88 Å². The van der Waals surface area contributed by atoms with E-state index < -0.39 is 0 Å². The fourth-order valence-electron chi connectivity index (χ4n) is 3.73. The lowest BCUT2D eigenvalue weighted by molar-refractivity contribution is 0.112. The molecule has 1 fully saturated rings. The van der Waals surface area contributed by atoms with Gasteiger partial charge in [0.1, 0.15) is 0 Å². The smallest absolute Gasteiger partial charge is 0.186 e. The molecule has 1 N–H and O–H groups in total. The number of piperidine rings is 1. The van der Waals surface area contributed by atoms with Gasteiger partial charge in [0.05, 0.1) is 16.3 Å². The first-order valence-electron chi connectivity index (χ1n) is 9.95. The van der Waals surface area contributed by atoms with Gasteiger partial charge in [0.25, 0.3) is 0 Å². The molecular formula is C22H26ClN3OS2. The number of aliphatic hydroxyl groups excluding tert-OH is 1. The third-order valence-electron chi connectivity index (χ3n) is 5.41. The number of para-hydroxylation sites is 1. The van der Waals surface area contributed by atoms with E-state index in [0.717, 1.165) is 53.0 Å². The zero-order valence-corrected chi connectivity index (χ0v) is 18.9. The number of β-amino-alcohol motifs (C(OH)–C–C–N with tert-alkyl or cyclic N) is 1. The van der Waals surface area contributed by atoms with Crippen molar-refractivity contribution in [2.45, 2.75) is 29.9 Å². The van der Waals surface area contributed by atoms with Gasteiger partial charge in [-0.1, -0.05) is 35.1 Å². The molecule has 29 heavy (non-hydrogen) atoms. The summed E-state index contributed by atoms with van der Waals surface area (Å²) < 4.78 is 1.24. The predicted molar refractivity (Wildman–Crippen MR) is 126 cm³/mol. The molecule has 1 aliphatic rings. The van der Waals surface area contributed by atoms with Gasteiger partial charge < -0.3 is 14.9 Å². The van der Waals surface area contributed by atoms with Gasteiger partial charge in [-0.2, -0.15) is 0 Å². The molecule has 4 nitrogen and oxygen atoms in total. The van der Waals surface area contributed by atoms with Crippen LogP contribution in [0.1, 0.15) is 12.8 Å². The van der Waals surface area contributed by atoms with Crippen LogP contribution in [-0.2, 0) is 0 Å². The van der Waals surface area contributed by atoms with Crippen LogP contribution < -0.4 is 4.90 Å². The Morgan fingerprint density at radius 3 is 2.66 bits per heavy atom. The molecule has 3 aromatic rings. The molecule has 1 unspecified atom stereocenters. The van der Waals surface area contributed by atoms with Crippen LogP contribution in [0.4, 0.5) is 5.13 Å². The molecule has 154 valence electrons. The average Bonchev–Trinajstić information content (AvgIpc) is 3.18. The lowest BCUT2D eigenvalue weighted by atomic mass is 10.0. The number of hydrogen-bond donors (Lipinski definition) is 1. The number of aromatic nitrogens is 1. The standard InChI is InChI=1S/C22H26ClN3OS2/c1-25(22-24-20-4-2-3-5-21(20)29-22)17-10-12-26(13-11-17)14-18(27)15-28-19-8-6-16(23)7-9-19/h2-9,17-18,27H,10-15H2,1H3. The summed E-state index contributed by atoms with van der Waals surface area (Å²) in [7, 11) is 2.16. The van der Waals surface area contributed by atoms with Gasteiger partial charge in [-0.15, -0.1) is 11.8 Å². The van der Waals surface area contributed by atoms with Crippen molar-refractivity contribution in [2.75, 3.05) is 37.3 Å². The number of nitrogens with zero attached hydrogens (tertiary/aromatic N) is 3. The minimum Gasteiger partial charge on any atom is -0.391 e. The summed E-state index contributed by atoms with van der Waals surface area (Å²) in [4.78, 5) is 10.7. The number of thioether (sulfide) groups is 1. The quantitative estimate of drug-likeness (QED) is 0.516. The van der Waals surface area contributed by atoms with E-state index in [2.05, 4.69) is 35.0 Å². The summed E-state index contributed by atoms with van der Waals surface area (Å²) in [5.74, 6) is 0.702. The number of benzene rings is 2. The van der Waals surface area contributed by atoms with E-state index >= 15 is 0 Å². The number of hydrogen-bond acceptors (Lipinski definition) is 6. The Bertz CT molecular complexity index is 892. The minimum absolute atomic E-state index is 0.325. The highest BCUT2D eigenvalue weighted by Crippen LogP contribution is 2.31.